The van der Waals surface area contributed by atoms with Crippen molar-refractivity contribution in [2.75, 3.05) is 12.3 Å². The van der Waals surface area contributed by atoms with E-state index in [9.17, 15) is 19.1 Å². The van der Waals surface area contributed by atoms with E-state index in [-0.39, 0.29) is 41.5 Å². The lowest BCUT2D eigenvalue weighted by molar-refractivity contribution is -0.145. The Hall–Kier alpha value is -4.08. The number of hydrogen-bond donors (Lipinski definition) is 2. The van der Waals surface area contributed by atoms with E-state index >= 15 is 0 Å². The van der Waals surface area contributed by atoms with Crippen molar-refractivity contribution in [2.45, 2.75) is 63.6 Å². The SMILES string of the molecule is C#C[C@]1(COC(=O)c2ccccc2COC(=O)CCCCC)O[C@@H](n2cnc3c(N)nc(F)nc32)C[C@@H]1O. The molecule has 0 amide bonds. The highest BCUT2D eigenvalue weighted by atomic mass is 19.1. The van der Waals surface area contributed by atoms with Gasteiger partial charge in [0.2, 0.25) is 0 Å². The Labute approximate surface area is 218 Å². The number of nitrogen functional groups attached to an aromatic ring is 1. The third kappa shape index (κ3) is 5.58. The summed E-state index contributed by atoms with van der Waals surface area (Å²) >= 11 is 0. The summed E-state index contributed by atoms with van der Waals surface area (Å²) in [6.07, 6.45) is 6.81. The molecule has 1 fully saturated rings. The van der Waals surface area contributed by atoms with Gasteiger partial charge in [-0.2, -0.15) is 14.4 Å². The van der Waals surface area contributed by atoms with Crippen molar-refractivity contribution in [3.8, 4) is 12.3 Å². The number of esters is 2. The third-order valence-corrected chi connectivity index (χ3v) is 6.31. The number of halogens is 1. The smallest absolute Gasteiger partial charge is 0.338 e. The zero-order valence-electron chi connectivity index (χ0n) is 20.8. The predicted octanol–water partition coefficient (Wildman–Crippen LogP) is 2.68. The molecule has 38 heavy (non-hydrogen) atoms. The van der Waals surface area contributed by atoms with Crippen molar-refractivity contribution >= 4 is 28.9 Å². The second-order valence-corrected chi connectivity index (χ2v) is 8.91. The largest absolute Gasteiger partial charge is 0.461 e. The monoisotopic (exact) mass is 525 g/mol. The minimum atomic E-state index is -1.69. The van der Waals surface area contributed by atoms with Gasteiger partial charge in [0.1, 0.15) is 25.5 Å². The standard InChI is InChI=1S/C26H28FN5O6/c1-3-5-6-11-20(34)36-13-16-9-7-8-10-17(16)24(35)37-14-26(4-2)18(33)12-19(38-26)32-15-29-21-22(28)30-25(27)31-23(21)32/h2,7-10,15,18-19,33H,3,5-6,11-14H2,1H3,(H2,28,30,31)/t18-,19+,26+/m0/s1. The molecule has 1 aromatic carbocycles. The summed E-state index contributed by atoms with van der Waals surface area (Å²) in [5.74, 6) is 1.17. The Kier molecular flexibility index (Phi) is 8.19. The van der Waals surface area contributed by atoms with Crippen molar-refractivity contribution in [3.63, 3.8) is 0 Å². The summed E-state index contributed by atoms with van der Waals surface area (Å²) in [6, 6.07) is 6.55. The van der Waals surface area contributed by atoms with Gasteiger partial charge in [-0.3, -0.25) is 9.36 Å². The number of rotatable bonds is 10. The first kappa shape index (κ1) is 27.0. The van der Waals surface area contributed by atoms with Crippen LogP contribution < -0.4 is 5.73 Å². The van der Waals surface area contributed by atoms with Crippen LogP contribution in [0.5, 0.6) is 0 Å². The van der Waals surface area contributed by atoms with Crippen LogP contribution in [0.4, 0.5) is 10.2 Å². The highest BCUT2D eigenvalue weighted by Crippen LogP contribution is 2.38. The summed E-state index contributed by atoms with van der Waals surface area (Å²) in [5.41, 5.74) is 4.91. The van der Waals surface area contributed by atoms with Crippen LogP contribution >= 0.6 is 0 Å². The minimum Gasteiger partial charge on any atom is -0.461 e. The molecule has 0 radical (unpaired) electrons. The number of hydrogen-bond acceptors (Lipinski definition) is 10. The number of aromatic nitrogens is 4. The van der Waals surface area contributed by atoms with Gasteiger partial charge < -0.3 is 25.1 Å². The van der Waals surface area contributed by atoms with Crippen LogP contribution in [0.1, 0.15) is 61.2 Å². The lowest BCUT2D eigenvalue weighted by Crippen LogP contribution is -2.43. The Morgan fingerprint density at radius 1 is 1.32 bits per heavy atom. The maximum Gasteiger partial charge on any atom is 0.338 e. The van der Waals surface area contributed by atoms with Gasteiger partial charge in [0.25, 0.3) is 0 Å². The maximum atomic E-state index is 13.8. The van der Waals surface area contributed by atoms with E-state index in [1.54, 1.807) is 18.2 Å². The number of ether oxygens (including phenoxy) is 3. The van der Waals surface area contributed by atoms with Crippen LogP contribution in [-0.4, -0.2) is 54.9 Å². The van der Waals surface area contributed by atoms with Crippen LogP contribution in [0.2, 0.25) is 0 Å². The van der Waals surface area contributed by atoms with Crippen molar-refractivity contribution in [2.24, 2.45) is 0 Å². The van der Waals surface area contributed by atoms with Crippen LogP contribution in [0.25, 0.3) is 11.2 Å². The molecular formula is C26H28FN5O6. The van der Waals surface area contributed by atoms with Gasteiger partial charge in [-0.25, -0.2) is 9.78 Å². The Balaban J connectivity index is 1.44. The number of benzene rings is 1. The van der Waals surface area contributed by atoms with E-state index in [1.165, 1.54) is 17.0 Å². The molecule has 0 aliphatic carbocycles. The molecule has 0 unspecified atom stereocenters. The van der Waals surface area contributed by atoms with E-state index in [2.05, 4.69) is 20.9 Å². The van der Waals surface area contributed by atoms with Crippen LogP contribution in [0, 0.1) is 18.4 Å². The van der Waals surface area contributed by atoms with Crippen molar-refractivity contribution < 1.29 is 33.3 Å². The summed E-state index contributed by atoms with van der Waals surface area (Å²) in [5, 5.41) is 10.8. The molecule has 3 aromatic rings. The molecule has 0 spiro atoms. The number of anilines is 1. The fraction of sp³-hybridized carbons (Fsp3) is 0.423. The van der Waals surface area contributed by atoms with Gasteiger partial charge in [-0.1, -0.05) is 43.9 Å². The van der Waals surface area contributed by atoms with Crippen LogP contribution in [0.3, 0.4) is 0 Å². The number of nitrogens with two attached hydrogens (primary N) is 1. The third-order valence-electron chi connectivity index (χ3n) is 6.31. The number of unbranched alkanes of at least 4 members (excludes halogenated alkanes) is 2. The Morgan fingerprint density at radius 2 is 2.11 bits per heavy atom. The van der Waals surface area contributed by atoms with E-state index in [1.807, 2.05) is 6.92 Å². The maximum absolute atomic E-state index is 13.8. The van der Waals surface area contributed by atoms with Crippen molar-refractivity contribution in [1.82, 2.24) is 19.5 Å². The fourth-order valence-electron chi connectivity index (χ4n) is 4.19. The average Bonchev–Trinajstić information content (AvgIpc) is 3.47. The number of nitrogens with zero attached hydrogens (tertiary/aromatic N) is 4. The Bertz CT molecular complexity index is 1370. The van der Waals surface area contributed by atoms with E-state index in [0.29, 0.717) is 12.0 Å². The van der Waals surface area contributed by atoms with E-state index in [0.717, 1.165) is 19.3 Å². The molecule has 2 aromatic heterocycles. The first-order valence-electron chi connectivity index (χ1n) is 12.2. The quantitative estimate of drug-likeness (QED) is 0.175. The average molecular weight is 526 g/mol. The zero-order chi connectivity index (χ0) is 27.3. The first-order chi connectivity index (χ1) is 18.3. The first-order valence-corrected chi connectivity index (χ1v) is 12.2. The molecular weight excluding hydrogens is 497 g/mol. The number of carbonyl (C=O) groups is 2. The highest BCUT2D eigenvalue weighted by molar-refractivity contribution is 5.91. The van der Waals surface area contributed by atoms with Gasteiger partial charge >= 0.3 is 18.0 Å². The minimum absolute atomic E-state index is 0.0106. The molecule has 1 saturated heterocycles. The van der Waals surface area contributed by atoms with Crippen LogP contribution in [0.15, 0.2) is 30.6 Å². The topological polar surface area (TPSA) is 152 Å². The molecule has 3 heterocycles. The summed E-state index contributed by atoms with van der Waals surface area (Å²) in [4.78, 5) is 36.2. The summed E-state index contributed by atoms with van der Waals surface area (Å²) in [7, 11) is 0. The van der Waals surface area contributed by atoms with Gasteiger partial charge in [-0.05, 0) is 12.5 Å². The molecule has 200 valence electrons. The summed E-state index contributed by atoms with van der Waals surface area (Å²) < 4.78 is 31.9. The van der Waals surface area contributed by atoms with Gasteiger partial charge in [-0.15, -0.1) is 6.42 Å². The fourth-order valence-corrected chi connectivity index (χ4v) is 4.19. The molecule has 3 atom stereocenters. The molecule has 1 aliphatic heterocycles. The number of fused-ring (bicyclic) bond motifs is 1. The van der Waals surface area contributed by atoms with Crippen molar-refractivity contribution in [3.05, 3.63) is 47.8 Å². The van der Waals surface area contributed by atoms with Crippen LogP contribution in [-0.2, 0) is 25.6 Å². The predicted molar refractivity (Wildman–Crippen MR) is 133 cm³/mol. The summed E-state index contributed by atoms with van der Waals surface area (Å²) in [6.45, 7) is 1.48. The molecule has 3 N–H and O–H groups in total. The Morgan fingerprint density at radius 3 is 2.87 bits per heavy atom. The van der Waals surface area contributed by atoms with Gasteiger partial charge in [0.05, 0.1) is 11.9 Å². The molecule has 11 nitrogen and oxygen atoms in total. The molecule has 4 rings (SSSR count). The second-order valence-electron chi connectivity index (χ2n) is 8.91. The number of terminal acetylenes is 1. The zero-order valence-corrected chi connectivity index (χ0v) is 20.8. The molecule has 12 heteroatoms. The van der Waals surface area contributed by atoms with Gasteiger partial charge in [0.15, 0.2) is 22.6 Å². The van der Waals surface area contributed by atoms with Crippen molar-refractivity contribution in [1.29, 1.82) is 0 Å². The molecule has 1 aliphatic rings. The molecule has 0 bridgehead atoms. The second kappa shape index (κ2) is 11.5. The van der Waals surface area contributed by atoms with Gasteiger partial charge in [0, 0.05) is 18.4 Å². The normalized spacial score (nSPS) is 20.8. The number of aliphatic hydroxyl groups is 1. The lowest BCUT2D eigenvalue weighted by atomic mass is 9.99. The number of carbonyl (C=O) groups excluding carboxylic acids is 2. The highest BCUT2D eigenvalue weighted by Gasteiger charge is 2.49. The van der Waals surface area contributed by atoms with E-state index in [4.69, 9.17) is 26.4 Å². The number of aliphatic hydroxyl groups excluding tert-OH is 1. The lowest BCUT2D eigenvalue weighted by Gasteiger charge is -2.26. The van der Waals surface area contributed by atoms with E-state index < -0.39 is 36.6 Å². The molecule has 0 saturated carbocycles. The number of imidazole rings is 1.